The number of hydrogen-bond acceptors (Lipinski definition) is 3. The smallest absolute Gasteiger partial charge is 0.345 e. The normalized spacial score (nSPS) is 10.2. The van der Waals surface area contributed by atoms with Crippen molar-refractivity contribution in [1.29, 1.82) is 0 Å². The zero-order valence-corrected chi connectivity index (χ0v) is 8.25. The van der Waals surface area contributed by atoms with Crippen LogP contribution in [0.4, 0.5) is 0 Å². The molecule has 0 bridgehead atoms. The molecular formula is C7H12N4OS. The molecule has 0 saturated carbocycles. The quantitative estimate of drug-likeness (QED) is 0.675. The van der Waals surface area contributed by atoms with E-state index in [9.17, 15) is 4.79 Å². The first kappa shape index (κ1) is 9.91. The monoisotopic (exact) mass is 200 g/mol. The highest BCUT2D eigenvalue weighted by molar-refractivity contribution is 7.80. The summed E-state index contributed by atoms with van der Waals surface area (Å²) >= 11 is 4.71. The average Bonchev–Trinajstić information content (AvgIpc) is 2.35. The minimum Gasteiger partial charge on any atom is -0.393 e. The summed E-state index contributed by atoms with van der Waals surface area (Å²) in [4.78, 5) is 11.7. The first-order valence-corrected chi connectivity index (χ1v) is 4.39. The maximum absolute atomic E-state index is 11.2. The predicted molar refractivity (Wildman–Crippen MR) is 53.5 cm³/mol. The van der Waals surface area contributed by atoms with Gasteiger partial charge in [0.2, 0.25) is 0 Å². The van der Waals surface area contributed by atoms with E-state index in [4.69, 9.17) is 18.0 Å². The molecule has 0 unspecified atom stereocenters. The van der Waals surface area contributed by atoms with Gasteiger partial charge in [-0.2, -0.15) is 5.10 Å². The van der Waals surface area contributed by atoms with Gasteiger partial charge in [-0.15, -0.1) is 0 Å². The average molecular weight is 200 g/mol. The van der Waals surface area contributed by atoms with Gasteiger partial charge in [-0.3, -0.25) is 4.57 Å². The molecule has 2 N–H and O–H groups in total. The third-order valence-electron chi connectivity index (χ3n) is 1.68. The van der Waals surface area contributed by atoms with Gasteiger partial charge in [0.15, 0.2) is 0 Å². The molecule has 0 radical (unpaired) electrons. The van der Waals surface area contributed by atoms with Gasteiger partial charge >= 0.3 is 5.69 Å². The molecule has 1 heterocycles. The Morgan fingerprint density at radius 2 is 2.46 bits per heavy atom. The van der Waals surface area contributed by atoms with Gasteiger partial charge in [0.1, 0.15) is 6.33 Å². The molecule has 0 aliphatic heterocycles. The van der Waals surface area contributed by atoms with Crippen molar-refractivity contribution in [3.63, 3.8) is 0 Å². The van der Waals surface area contributed by atoms with Crippen LogP contribution in [0.1, 0.15) is 12.8 Å². The topological polar surface area (TPSA) is 65.8 Å². The van der Waals surface area contributed by atoms with Gasteiger partial charge in [0, 0.05) is 13.6 Å². The van der Waals surface area contributed by atoms with Gasteiger partial charge in [-0.25, -0.2) is 9.48 Å². The van der Waals surface area contributed by atoms with E-state index in [2.05, 4.69) is 5.10 Å². The number of thiocarbonyl (C=S) groups is 1. The lowest BCUT2D eigenvalue weighted by atomic mass is 10.3. The molecule has 6 heteroatoms. The Bertz CT molecular complexity index is 354. The molecule has 0 saturated heterocycles. The minimum absolute atomic E-state index is 0.108. The second-order valence-corrected chi connectivity index (χ2v) is 3.34. The molecule has 0 atom stereocenters. The van der Waals surface area contributed by atoms with Crippen LogP contribution < -0.4 is 11.4 Å². The largest absolute Gasteiger partial charge is 0.393 e. The highest BCUT2D eigenvalue weighted by Crippen LogP contribution is 1.91. The van der Waals surface area contributed by atoms with E-state index >= 15 is 0 Å². The Morgan fingerprint density at radius 3 is 2.92 bits per heavy atom. The molecule has 0 fully saturated rings. The fourth-order valence-corrected chi connectivity index (χ4v) is 1.12. The summed E-state index contributed by atoms with van der Waals surface area (Å²) in [6, 6.07) is 0. The van der Waals surface area contributed by atoms with Crippen molar-refractivity contribution in [3.05, 3.63) is 16.8 Å². The molecule has 5 nitrogen and oxygen atoms in total. The van der Waals surface area contributed by atoms with E-state index in [-0.39, 0.29) is 5.69 Å². The van der Waals surface area contributed by atoms with Crippen LogP contribution in [-0.4, -0.2) is 19.3 Å². The maximum Gasteiger partial charge on any atom is 0.345 e. The van der Waals surface area contributed by atoms with Crippen LogP contribution in [0.15, 0.2) is 11.1 Å². The maximum atomic E-state index is 11.2. The third kappa shape index (κ3) is 2.66. The van der Waals surface area contributed by atoms with Crippen molar-refractivity contribution in [1.82, 2.24) is 14.3 Å². The van der Waals surface area contributed by atoms with E-state index < -0.39 is 0 Å². The number of nitrogens with two attached hydrogens (primary N) is 1. The van der Waals surface area contributed by atoms with Crippen LogP contribution >= 0.6 is 12.2 Å². The van der Waals surface area contributed by atoms with Crippen molar-refractivity contribution in [2.24, 2.45) is 12.8 Å². The van der Waals surface area contributed by atoms with Crippen molar-refractivity contribution in [2.75, 3.05) is 0 Å². The molecule has 0 aliphatic rings. The van der Waals surface area contributed by atoms with Crippen molar-refractivity contribution in [2.45, 2.75) is 19.4 Å². The number of hydrogen-bond donors (Lipinski definition) is 1. The molecule has 0 spiro atoms. The number of aromatic nitrogens is 3. The molecule has 1 rings (SSSR count). The van der Waals surface area contributed by atoms with Crippen LogP contribution in [0.3, 0.4) is 0 Å². The minimum atomic E-state index is -0.108. The fraction of sp³-hybridized carbons (Fsp3) is 0.571. The number of rotatable bonds is 4. The van der Waals surface area contributed by atoms with E-state index in [1.807, 2.05) is 0 Å². The van der Waals surface area contributed by atoms with Gasteiger partial charge in [0.25, 0.3) is 0 Å². The highest BCUT2D eigenvalue weighted by Gasteiger charge is 2.00. The fourth-order valence-electron chi connectivity index (χ4n) is 0.977. The Labute approximate surface area is 81.2 Å². The van der Waals surface area contributed by atoms with E-state index in [0.717, 1.165) is 6.42 Å². The van der Waals surface area contributed by atoms with Crippen LogP contribution in [0.5, 0.6) is 0 Å². The van der Waals surface area contributed by atoms with E-state index in [1.54, 1.807) is 7.05 Å². The predicted octanol–water partition coefficient (Wildman–Crippen LogP) is -0.352. The lowest BCUT2D eigenvalue weighted by molar-refractivity contribution is 0.563. The Kier molecular flexibility index (Phi) is 3.18. The Balaban J connectivity index is 2.51. The molecule has 1 aromatic rings. The lowest BCUT2D eigenvalue weighted by Crippen LogP contribution is -2.23. The summed E-state index contributed by atoms with van der Waals surface area (Å²) in [6.07, 6.45) is 2.90. The Hall–Kier alpha value is -1.17. The second kappa shape index (κ2) is 4.18. The van der Waals surface area contributed by atoms with E-state index in [0.29, 0.717) is 18.0 Å². The standard InChI is InChI=1S/C7H12N4OS/c1-10-5-9-11(7(10)12)4-2-3-6(8)13/h5H,2-4H2,1H3,(H2,8,13). The van der Waals surface area contributed by atoms with Crippen molar-refractivity contribution in [3.8, 4) is 0 Å². The first-order valence-electron chi connectivity index (χ1n) is 3.98. The van der Waals surface area contributed by atoms with Crippen LogP contribution in [0.2, 0.25) is 0 Å². The molecule has 1 aromatic heterocycles. The summed E-state index contributed by atoms with van der Waals surface area (Å²) in [5, 5.41) is 3.90. The van der Waals surface area contributed by atoms with E-state index in [1.165, 1.54) is 15.6 Å². The summed E-state index contributed by atoms with van der Waals surface area (Å²) < 4.78 is 2.83. The number of nitrogens with zero attached hydrogens (tertiary/aromatic N) is 3. The molecule has 0 aliphatic carbocycles. The van der Waals surface area contributed by atoms with Crippen LogP contribution in [0, 0.1) is 0 Å². The van der Waals surface area contributed by atoms with Gasteiger partial charge in [-0.1, -0.05) is 12.2 Å². The molecule has 0 aromatic carbocycles. The molecular weight excluding hydrogens is 188 g/mol. The Morgan fingerprint density at radius 1 is 1.77 bits per heavy atom. The van der Waals surface area contributed by atoms with Crippen LogP contribution in [0.25, 0.3) is 0 Å². The zero-order chi connectivity index (χ0) is 9.84. The second-order valence-electron chi connectivity index (χ2n) is 2.82. The van der Waals surface area contributed by atoms with Gasteiger partial charge in [-0.05, 0) is 12.8 Å². The number of aryl methyl sites for hydroxylation is 2. The van der Waals surface area contributed by atoms with Gasteiger partial charge in [0.05, 0.1) is 4.99 Å². The third-order valence-corrected chi connectivity index (χ3v) is 1.88. The molecule has 0 amide bonds. The zero-order valence-electron chi connectivity index (χ0n) is 7.43. The SMILES string of the molecule is Cn1cnn(CCCC(N)=S)c1=O. The van der Waals surface area contributed by atoms with Crippen LogP contribution in [-0.2, 0) is 13.6 Å². The summed E-state index contributed by atoms with van der Waals surface area (Å²) in [5.74, 6) is 0. The van der Waals surface area contributed by atoms with Crippen molar-refractivity contribution >= 4 is 17.2 Å². The summed E-state index contributed by atoms with van der Waals surface area (Å²) in [5.41, 5.74) is 5.21. The summed E-state index contributed by atoms with van der Waals surface area (Å²) in [6.45, 7) is 0.566. The lowest BCUT2D eigenvalue weighted by Gasteiger charge is -1.97. The van der Waals surface area contributed by atoms with Crippen molar-refractivity contribution < 1.29 is 0 Å². The molecule has 72 valence electrons. The first-order chi connectivity index (χ1) is 6.11. The summed E-state index contributed by atoms with van der Waals surface area (Å²) in [7, 11) is 1.67. The van der Waals surface area contributed by atoms with Gasteiger partial charge < -0.3 is 5.73 Å². The highest BCUT2D eigenvalue weighted by atomic mass is 32.1. The molecule has 13 heavy (non-hydrogen) atoms.